The van der Waals surface area contributed by atoms with Crippen molar-refractivity contribution in [3.63, 3.8) is 0 Å². The number of rotatable bonds is 4. The van der Waals surface area contributed by atoms with E-state index in [0.29, 0.717) is 17.2 Å². The van der Waals surface area contributed by atoms with Crippen LogP contribution in [-0.4, -0.2) is 9.97 Å². The van der Waals surface area contributed by atoms with Crippen molar-refractivity contribution in [1.29, 1.82) is 5.26 Å². The maximum absolute atomic E-state index is 8.73. The van der Waals surface area contributed by atoms with Crippen LogP contribution in [0.25, 0.3) is 0 Å². The first kappa shape index (κ1) is 14.1. The molecular weight excluding hydrogens is 294 g/mol. The average molecular weight is 305 g/mol. The summed E-state index contributed by atoms with van der Waals surface area (Å²) in [6.07, 6.45) is 5.04. The topological polar surface area (TPSA) is 58.8 Å². The Labute approximate surface area is 132 Å². The van der Waals surface area contributed by atoms with E-state index in [0.717, 1.165) is 9.79 Å². The molecular formula is C17H11N3OS. The Kier molecular flexibility index (Phi) is 4.33. The maximum atomic E-state index is 8.73. The fraction of sp³-hybridized carbons (Fsp3) is 0. The molecule has 3 rings (SSSR count). The van der Waals surface area contributed by atoms with Crippen LogP contribution in [0.4, 0.5) is 0 Å². The van der Waals surface area contributed by atoms with Crippen LogP contribution in [0.3, 0.4) is 0 Å². The second-order valence-corrected chi connectivity index (χ2v) is 5.50. The summed E-state index contributed by atoms with van der Waals surface area (Å²) in [5.41, 5.74) is 0.511. The number of benzene rings is 1. The third-order valence-electron chi connectivity index (χ3n) is 2.80. The van der Waals surface area contributed by atoms with Gasteiger partial charge in [0.05, 0.1) is 5.56 Å². The summed E-state index contributed by atoms with van der Waals surface area (Å²) in [5.74, 6) is 1.17. The number of nitriles is 1. The average Bonchev–Trinajstić information content (AvgIpc) is 2.58. The highest BCUT2D eigenvalue weighted by Gasteiger charge is 2.01. The van der Waals surface area contributed by atoms with E-state index in [1.54, 1.807) is 36.3 Å². The van der Waals surface area contributed by atoms with Gasteiger partial charge in [0.2, 0.25) is 5.88 Å². The zero-order chi connectivity index (χ0) is 15.2. The van der Waals surface area contributed by atoms with Crippen molar-refractivity contribution in [2.75, 3.05) is 0 Å². The first-order valence-corrected chi connectivity index (χ1v) is 7.37. The molecule has 5 heteroatoms. The molecule has 1 aromatic carbocycles. The van der Waals surface area contributed by atoms with Crippen molar-refractivity contribution in [2.45, 2.75) is 9.79 Å². The van der Waals surface area contributed by atoms with Gasteiger partial charge in [-0.15, -0.1) is 0 Å². The standard InChI is InChI=1S/C17H11N3OS/c18-11-13-1-6-17(20-12-13)21-14-2-4-15(5-3-14)22-16-7-9-19-10-8-16/h1-10,12H. The van der Waals surface area contributed by atoms with E-state index in [9.17, 15) is 0 Å². The summed E-state index contributed by atoms with van der Waals surface area (Å²) in [6.45, 7) is 0. The van der Waals surface area contributed by atoms with Gasteiger partial charge < -0.3 is 4.74 Å². The lowest BCUT2D eigenvalue weighted by atomic mass is 10.3. The van der Waals surface area contributed by atoms with Gasteiger partial charge in [-0.1, -0.05) is 11.8 Å². The highest BCUT2D eigenvalue weighted by Crippen LogP contribution is 2.29. The molecule has 0 aliphatic rings. The monoisotopic (exact) mass is 305 g/mol. The molecule has 0 saturated heterocycles. The second kappa shape index (κ2) is 6.74. The fourth-order valence-electron chi connectivity index (χ4n) is 1.75. The van der Waals surface area contributed by atoms with E-state index in [4.69, 9.17) is 10.00 Å². The lowest BCUT2D eigenvalue weighted by Crippen LogP contribution is -1.88. The molecule has 0 aliphatic carbocycles. The second-order valence-electron chi connectivity index (χ2n) is 4.36. The number of ether oxygens (including phenoxy) is 1. The molecule has 0 amide bonds. The number of hydrogen-bond donors (Lipinski definition) is 0. The van der Waals surface area contributed by atoms with Gasteiger partial charge in [0.25, 0.3) is 0 Å². The molecule has 0 N–H and O–H groups in total. The summed E-state index contributed by atoms with van der Waals surface area (Å²) in [6, 6.07) is 17.1. The van der Waals surface area contributed by atoms with E-state index >= 15 is 0 Å². The first-order chi connectivity index (χ1) is 10.8. The Morgan fingerprint density at radius 1 is 0.909 bits per heavy atom. The van der Waals surface area contributed by atoms with Crippen molar-refractivity contribution < 1.29 is 4.74 Å². The molecule has 2 heterocycles. The van der Waals surface area contributed by atoms with Crippen LogP contribution in [0.2, 0.25) is 0 Å². The van der Waals surface area contributed by atoms with Crippen molar-refractivity contribution in [1.82, 2.24) is 9.97 Å². The van der Waals surface area contributed by atoms with Crippen LogP contribution < -0.4 is 4.74 Å². The van der Waals surface area contributed by atoms with E-state index in [1.807, 2.05) is 42.5 Å². The maximum Gasteiger partial charge on any atom is 0.219 e. The summed E-state index contributed by atoms with van der Waals surface area (Å²) in [5, 5.41) is 8.73. The zero-order valence-electron chi connectivity index (χ0n) is 11.5. The molecule has 0 bridgehead atoms. The zero-order valence-corrected chi connectivity index (χ0v) is 12.3. The Balaban J connectivity index is 1.67. The smallest absolute Gasteiger partial charge is 0.219 e. The van der Waals surface area contributed by atoms with Gasteiger partial charge in [0, 0.05) is 34.4 Å². The lowest BCUT2D eigenvalue weighted by Gasteiger charge is -2.06. The fourth-order valence-corrected chi connectivity index (χ4v) is 2.55. The predicted octanol–water partition coefficient (Wildman–Crippen LogP) is 4.29. The highest BCUT2D eigenvalue weighted by atomic mass is 32.2. The number of aromatic nitrogens is 2. The third kappa shape index (κ3) is 3.62. The van der Waals surface area contributed by atoms with Gasteiger partial charge in [0.15, 0.2) is 0 Å². The molecule has 4 nitrogen and oxygen atoms in total. The molecule has 0 saturated carbocycles. The molecule has 2 aromatic heterocycles. The van der Waals surface area contributed by atoms with Crippen molar-refractivity contribution in [3.8, 4) is 17.7 Å². The minimum Gasteiger partial charge on any atom is -0.439 e. The Morgan fingerprint density at radius 3 is 2.27 bits per heavy atom. The van der Waals surface area contributed by atoms with Gasteiger partial charge in [-0.3, -0.25) is 4.98 Å². The molecule has 0 fully saturated rings. The number of pyridine rings is 2. The predicted molar refractivity (Wildman–Crippen MR) is 83.8 cm³/mol. The minimum atomic E-state index is 0.466. The molecule has 0 unspecified atom stereocenters. The Bertz CT molecular complexity index is 781. The van der Waals surface area contributed by atoms with Crippen LogP contribution >= 0.6 is 11.8 Å². The highest BCUT2D eigenvalue weighted by molar-refractivity contribution is 7.99. The van der Waals surface area contributed by atoms with Crippen LogP contribution in [-0.2, 0) is 0 Å². The van der Waals surface area contributed by atoms with Crippen molar-refractivity contribution >= 4 is 11.8 Å². The van der Waals surface area contributed by atoms with Gasteiger partial charge in [-0.25, -0.2) is 4.98 Å². The van der Waals surface area contributed by atoms with Crippen LogP contribution in [0.5, 0.6) is 11.6 Å². The van der Waals surface area contributed by atoms with Gasteiger partial charge >= 0.3 is 0 Å². The molecule has 0 radical (unpaired) electrons. The summed E-state index contributed by atoms with van der Waals surface area (Å²) in [7, 11) is 0. The summed E-state index contributed by atoms with van der Waals surface area (Å²) < 4.78 is 5.64. The first-order valence-electron chi connectivity index (χ1n) is 6.55. The van der Waals surface area contributed by atoms with E-state index in [2.05, 4.69) is 9.97 Å². The van der Waals surface area contributed by atoms with E-state index in [1.165, 1.54) is 6.20 Å². The molecule has 0 spiro atoms. The SMILES string of the molecule is N#Cc1ccc(Oc2ccc(Sc3ccncc3)cc2)nc1. The van der Waals surface area contributed by atoms with E-state index < -0.39 is 0 Å². The third-order valence-corrected chi connectivity index (χ3v) is 3.81. The molecule has 0 aliphatic heterocycles. The molecule has 22 heavy (non-hydrogen) atoms. The number of nitrogens with zero attached hydrogens (tertiary/aromatic N) is 3. The van der Waals surface area contributed by atoms with Crippen molar-refractivity contribution in [3.05, 3.63) is 72.7 Å². The van der Waals surface area contributed by atoms with E-state index in [-0.39, 0.29) is 0 Å². The lowest BCUT2D eigenvalue weighted by molar-refractivity contribution is 0.462. The minimum absolute atomic E-state index is 0.466. The molecule has 3 aromatic rings. The van der Waals surface area contributed by atoms with Crippen LogP contribution in [0.15, 0.2) is 76.9 Å². The Hall–Kier alpha value is -2.84. The molecule has 0 atom stereocenters. The number of hydrogen-bond acceptors (Lipinski definition) is 5. The van der Waals surface area contributed by atoms with Crippen LogP contribution in [0, 0.1) is 11.3 Å². The van der Waals surface area contributed by atoms with Gasteiger partial charge in [-0.2, -0.15) is 5.26 Å². The van der Waals surface area contributed by atoms with Crippen LogP contribution in [0.1, 0.15) is 5.56 Å². The quantitative estimate of drug-likeness (QED) is 0.719. The molecule has 106 valence electrons. The summed E-state index contributed by atoms with van der Waals surface area (Å²) in [4.78, 5) is 10.3. The summed E-state index contributed by atoms with van der Waals surface area (Å²) >= 11 is 1.66. The van der Waals surface area contributed by atoms with Crippen molar-refractivity contribution in [2.24, 2.45) is 0 Å². The van der Waals surface area contributed by atoms with Gasteiger partial charge in [-0.05, 0) is 42.5 Å². The van der Waals surface area contributed by atoms with Gasteiger partial charge in [0.1, 0.15) is 11.8 Å². The normalized spacial score (nSPS) is 9.95. The largest absolute Gasteiger partial charge is 0.439 e. The Morgan fingerprint density at radius 2 is 1.64 bits per heavy atom.